The number of carbonyl (C=O) groups is 1. The van der Waals surface area contributed by atoms with Gasteiger partial charge in [0.15, 0.2) is 0 Å². The molecule has 1 unspecified atom stereocenters. The molecule has 22 heavy (non-hydrogen) atoms. The van der Waals surface area contributed by atoms with Gasteiger partial charge in [0, 0.05) is 19.1 Å². The van der Waals surface area contributed by atoms with Crippen LogP contribution in [0.1, 0.15) is 31.7 Å². The fourth-order valence-corrected chi connectivity index (χ4v) is 2.88. The zero-order chi connectivity index (χ0) is 15.9. The van der Waals surface area contributed by atoms with Gasteiger partial charge in [-0.15, -0.1) is 0 Å². The molecule has 5 nitrogen and oxygen atoms in total. The van der Waals surface area contributed by atoms with E-state index in [1.165, 1.54) is 6.42 Å². The first-order valence-electron chi connectivity index (χ1n) is 7.91. The minimum Gasteiger partial charge on any atom is -0.497 e. The molecule has 0 spiro atoms. The van der Waals surface area contributed by atoms with Gasteiger partial charge in [-0.3, -0.25) is 0 Å². The molecule has 5 heteroatoms. The lowest BCUT2D eigenvalue weighted by atomic mass is 10.0. The summed E-state index contributed by atoms with van der Waals surface area (Å²) in [5.41, 5.74) is 1.04. The Morgan fingerprint density at radius 3 is 2.82 bits per heavy atom. The van der Waals surface area contributed by atoms with Gasteiger partial charge < -0.3 is 19.7 Å². The lowest BCUT2D eigenvalue weighted by molar-refractivity contribution is 0.158. The van der Waals surface area contributed by atoms with Crippen molar-refractivity contribution in [3.05, 3.63) is 23.8 Å². The highest BCUT2D eigenvalue weighted by molar-refractivity contribution is 5.74. The molecule has 1 heterocycles. The van der Waals surface area contributed by atoms with Gasteiger partial charge in [0.2, 0.25) is 0 Å². The van der Waals surface area contributed by atoms with Crippen molar-refractivity contribution in [2.75, 3.05) is 27.3 Å². The Hall–Kier alpha value is -1.91. The molecule has 1 aromatic rings. The second kappa shape index (κ2) is 7.92. The van der Waals surface area contributed by atoms with Crippen LogP contribution in [0, 0.1) is 0 Å². The van der Waals surface area contributed by atoms with Gasteiger partial charge >= 0.3 is 6.03 Å². The van der Waals surface area contributed by atoms with Crippen LogP contribution < -0.4 is 14.8 Å². The van der Waals surface area contributed by atoms with Gasteiger partial charge in [0.1, 0.15) is 11.5 Å². The topological polar surface area (TPSA) is 50.8 Å². The number of carbonyl (C=O) groups excluding carboxylic acids is 1. The Balaban J connectivity index is 1.89. The summed E-state index contributed by atoms with van der Waals surface area (Å²) in [5, 5.41) is 3.01. The Kier molecular flexibility index (Phi) is 5.92. The van der Waals surface area contributed by atoms with E-state index in [0.717, 1.165) is 36.4 Å². The van der Waals surface area contributed by atoms with Gasteiger partial charge in [-0.2, -0.15) is 0 Å². The third-order valence-corrected chi connectivity index (χ3v) is 4.22. The monoisotopic (exact) mass is 306 g/mol. The summed E-state index contributed by atoms with van der Waals surface area (Å²) in [5.74, 6) is 1.62. The molecule has 0 radical (unpaired) electrons. The fraction of sp³-hybridized carbons (Fsp3) is 0.588. The van der Waals surface area contributed by atoms with E-state index in [2.05, 4.69) is 12.2 Å². The number of rotatable bonds is 5. The largest absolute Gasteiger partial charge is 0.497 e. The van der Waals surface area contributed by atoms with E-state index in [9.17, 15) is 4.79 Å². The van der Waals surface area contributed by atoms with E-state index in [4.69, 9.17) is 9.47 Å². The van der Waals surface area contributed by atoms with Crippen molar-refractivity contribution < 1.29 is 14.3 Å². The van der Waals surface area contributed by atoms with E-state index in [1.54, 1.807) is 14.2 Å². The Morgan fingerprint density at radius 1 is 1.32 bits per heavy atom. The SMILES string of the molecule is COc1ccc(OC)c(CCNC(=O)N2CCCCC2C)c1. The maximum atomic E-state index is 12.2. The number of amides is 2. The standard InChI is InChI=1S/C17H26N2O3/c1-13-6-4-5-11-19(13)17(20)18-10-9-14-12-15(21-2)7-8-16(14)22-3/h7-8,12-13H,4-6,9-11H2,1-3H3,(H,18,20). The molecule has 0 aliphatic carbocycles. The first-order chi connectivity index (χ1) is 10.7. The summed E-state index contributed by atoms with van der Waals surface area (Å²) in [6, 6.07) is 6.09. The van der Waals surface area contributed by atoms with Crippen LogP contribution >= 0.6 is 0 Å². The van der Waals surface area contributed by atoms with Crippen LogP contribution in [0.3, 0.4) is 0 Å². The number of methoxy groups -OCH3 is 2. The molecular weight excluding hydrogens is 280 g/mol. The van der Waals surface area contributed by atoms with E-state index in [0.29, 0.717) is 19.0 Å². The van der Waals surface area contributed by atoms with Crippen molar-refractivity contribution in [1.29, 1.82) is 0 Å². The zero-order valence-corrected chi connectivity index (χ0v) is 13.7. The molecule has 1 N–H and O–H groups in total. The summed E-state index contributed by atoms with van der Waals surface area (Å²) < 4.78 is 10.6. The maximum Gasteiger partial charge on any atom is 0.317 e. The molecule has 1 aromatic carbocycles. The zero-order valence-electron chi connectivity index (χ0n) is 13.7. The molecule has 0 saturated carbocycles. The van der Waals surface area contributed by atoms with E-state index >= 15 is 0 Å². The molecule has 0 bridgehead atoms. The van der Waals surface area contributed by atoms with Crippen molar-refractivity contribution >= 4 is 6.03 Å². The molecule has 1 fully saturated rings. The number of hydrogen-bond donors (Lipinski definition) is 1. The molecule has 1 aliphatic rings. The Morgan fingerprint density at radius 2 is 2.14 bits per heavy atom. The van der Waals surface area contributed by atoms with Crippen molar-refractivity contribution in [2.45, 2.75) is 38.6 Å². The number of nitrogens with one attached hydrogen (secondary N) is 1. The molecule has 2 amide bonds. The second-order valence-electron chi connectivity index (χ2n) is 5.70. The van der Waals surface area contributed by atoms with E-state index in [-0.39, 0.29) is 6.03 Å². The Labute approximate surface area is 132 Å². The van der Waals surface area contributed by atoms with Crippen LogP contribution in [0.25, 0.3) is 0 Å². The van der Waals surface area contributed by atoms with E-state index < -0.39 is 0 Å². The molecule has 1 aliphatic heterocycles. The summed E-state index contributed by atoms with van der Waals surface area (Å²) in [4.78, 5) is 14.2. The highest BCUT2D eigenvalue weighted by atomic mass is 16.5. The van der Waals surface area contributed by atoms with Gasteiger partial charge in [-0.1, -0.05) is 0 Å². The van der Waals surface area contributed by atoms with Gasteiger partial charge in [0.05, 0.1) is 14.2 Å². The normalized spacial score (nSPS) is 18.0. The maximum absolute atomic E-state index is 12.2. The average Bonchev–Trinajstić information content (AvgIpc) is 2.55. The molecule has 1 saturated heterocycles. The summed E-state index contributed by atoms with van der Waals surface area (Å²) in [6.45, 7) is 3.56. The van der Waals surface area contributed by atoms with Crippen LogP contribution in [-0.2, 0) is 6.42 Å². The molecule has 122 valence electrons. The van der Waals surface area contributed by atoms with Crippen molar-refractivity contribution in [2.24, 2.45) is 0 Å². The summed E-state index contributed by atoms with van der Waals surface area (Å²) in [7, 11) is 3.30. The average molecular weight is 306 g/mol. The number of hydrogen-bond acceptors (Lipinski definition) is 3. The van der Waals surface area contributed by atoms with Gasteiger partial charge in [0.25, 0.3) is 0 Å². The van der Waals surface area contributed by atoms with Crippen molar-refractivity contribution in [1.82, 2.24) is 10.2 Å². The lowest BCUT2D eigenvalue weighted by Crippen LogP contribution is -2.47. The van der Waals surface area contributed by atoms with Crippen LogP contribution in [0.5, 0.6) is 11.5 Å². The van der Waals surface area contributed by atoms with Crippen LogP contribution in [0.15, 0.2) is 18.2 Å². The number of urea groups is 1. The predicted octanol–water partition coefficient (Wildman–Crippen LogP) is 2.83. The van der Waals surface area contributed by atoms with Crippen molar-refractivity contribution in [3.63, 3.8) is 0 Å². The second-order valence-corrected chi connectivity index (χ2v) is 5.70. The van der Waals surface area contributed by atoms with Crippen LogP contribution in [0.2, 0.25) is 0 Å². The highest BCUT2D eigenvalue weighted by Crippen LogP contribution is 2.24. The summed E-state index contributed by atoms with van der Waals surface area (Å²) in [6.07, 6.45) is 4.12. The first kappa shape index (κ1) is 16.5. The predicted molar refractivity (Wildman–Crippen MR) is 86.7 cm³/mol. The smallest absolute Gasteiger partial charge is 0.317 e. The van der Waals surface area contributed by atoms with Crippen LogP contribution in [-0.4, -0.2) is 44.3 Å². The quantitative estimate of drug-likeness (QED) is 0.910. The summed E-state index contributed by atoms with van der Waals surface area (Å²) >= 11 is 0. The third-order valence-electron chi connectivity index (χ3n) is 4.22. The van der Waals surface area contributed by atoms with Crippen LogP contribution in [0.4, 0.5) is 4.79 Å². The number of benzene rings is 1. The number of nitrogens with zero attached hydrogens (tertiary/aromatic N) is 1. The minimum atomic E-state index is 0.0362. The number of likely N-dealkylation sites (tertiary alicyclic amines) is 1. The third kappa shape index (κ3) is 4.06. The number of piperidine rings is 1. The lowest BCUT2D eigenvalue weighted by Gasteiger charge is -2.33. The fourth-order valence-electron chi connectivity index (χ4n) is 2.88. The van der Waals surface area contributed by atoms with Gasteiger partial charge in [-0.25, -0.2) is 4.79 Å². The molecule has 1 atom stereocenters. The van der Waals surface area contributed by atoms with Gasteiger partial charge in [-0.05, 0) is 56.4 Å². The minimum absolute atomic E-state index is 0.0362. The molecule has 0 aromatic heterocycles. The Bertz CT molecular complexity index is 505. The molecule has 2 rings (SSSR count). The first-order valence-corrected chi connectivity index (χ1v) is 7.91. The van der Waals surface area contributed by atoms with Crippen molar-refractivity contribution in [3.8, 4) is 11.5 Å². The van der Waals surface area contributed by atoms with E-state index in [1.807, 2.05) is 23.1 Å². The number of ether oxygens (including phenoxy) is 2. The highest BCUT2D eigenvalue weighted by Gasteiger charge is 2.22. The molecular formula is C17H26N2O3.